The zero-order chi connectivity index (χ0) is 13.1. The molecule has 19 heavy (non-hydrogen) atoms. The summed E-state index contributed by atoms with van der Waals surface area (Å²) in [7, 11) is 0. The van der Waals surface area contributed by atoms with Crippen molar-refractivity contribution in [2.45, 2.75) is 0 Å². The summed E-state index contributed by atoms with van der Waals surface area (Å²) in [6.07, 6.45) is 3.53. The van der Waals surface area contributed by atoms with E-state index in [1.807, 2.05) is 42.6 Å². The van der Waals surface area contributed by atoms with E-state index in [0.29, 0.717) is 11.5 Å². The molecule has 0 unspecified atom stereocenters. The van der Waals surface area contributed by atoms with E-state index >= 15 is 0 Å². The summed E-state index contributed by atoms with van der Waals surface area (Å²) in [6, 6.07) is 16.3. The van der Waals surface area contributed by atoms with Gasteiger partial charge in [-0.05, 0) is 30.3 Å². The molecule has 0 aliphatic carbocycles. The highest BCUT2D eigenvalue weighted by molar-refractivity contribution is 5.49. The van der Waals surface area contributed by atoms with E-state index in [-0.39, 0.29) is 5.75 Å². The minimum atomic E-state index is 0.0970. The summed E-state index contributed by atoms with van der Waals surface area (Å²) in [5.74, 6) is 1.18. The van der Waals surface area contributed by atoms with E-state index in [2.05, 4.69) is 5.10 Å². The molecule has 2 aromatic carbocycles. The Labute approximate surface area is 110 Å². The van der Waals surface area contributed by atoms with Gasteiger partial charge in [-0.1, -0.05) is 18.2 Å². The fourth-order valence-electron chi connectivity index (χ4n) is 1.76. The van der Waals surface area contributed by atoms with Gasteiger partial charge in [0.15, 0.2) is 11.5 Å². The zero-order valence-corrected chi connectivity index (χ0v) is 10.1. The van der Waals surface area contributed by atoms with Crippen LogP contribution in [0.3, 0.4) is 0 Å². The molecule has 0 bridgehead atoms. The van der Waals surface area contributed by atoms with Gasteiger partial charge in [-0.15, -0.1) is 0 Å². The summed E-state index contributed by atoms with van der Waals surface area (Å²) in [5, 5.41) is 14.0. The number of rotatable bonds is 3. The van der Waals surface area contributed by atoms with E-state index < -0.39 is 0 Å². The monoisotopic (exact) mass is 252 g/mol. The highest BCUT2D eigenvalue weighted by Gasteiger charge is 2.06. The number of ether oxygens (including phenoxy) is 1. The number of aromatic hydroxyl groups is 1. The SMILES string of the molecule is Oc1ccc(-n2cccn2)cc1Oc1ccccc1. The van der Waals surface area contributed by atoms with E-state index in [1.165, 1.54) is 0 Å². The maximum atomic E-state index is 9.84. The molecule has 4 nitrogen and oxygen atoms in total. The summed E-state index contributed by atoms with van der Waals surface area (Å²) in [5.41, 5.74) is 0.828. The first kappa shape index (κ1) is 11.3. The molecule has 0 atom stereocenters. The van der Waals surface area contributed by atoms with Crippen molar-refractivity contribution in [1.82, 2.24) is 9.78 Å². The number of benzene rings is 2. The van der Waals surface area contributed by atoms with E-state index in [9.17, 15) is 5.11 Å². The molecule has 0 aliphatic heterocycles. The lowest BCUT2D eigenvalue weighted by Crippen LogP contribution is -1.94. The van der Waals surface area contributed by atoms with Crippen LogP contribution in [0.25, 0.3) is 5.69 Å². The van der Waals surface area contributed by atoms with Crippen LogP contribution in [0.1, 0.15) is 0 Å². The average molecular weight is 252 g/mol. The minimum absolute atomic E-state index is 0.0970. The molecule has 4 heteroatoms. The quantitative estimate of drug-likeness (QED) is 0.777. The molecular weight excluding hydrogens is 240 g/mol. The highest BCUT2D eigenvalue weighted by atomic mass is 16.5. The standard InChI is InChI=1S/C15H12N2O2/c18-14-8-7-12(17-10-4-9-16-17)11-15(14)19-13-5-2-1-3-6-13/h1-11,18H. The molecular formula is C15H12N2O2. The van der Waals surface area contributed by atoms with Crippen molar-refractivity contribution in [2.24, 2.45) is 0 Å². The third-order valence-corrected chi connectivity index (χ3v) is 2.68. The van der Waals surface area contributed by atoms with Crippen molar-refractivity contribution in [2.75, 3.05) is 0 Å². The van der Waals surface area contributed by atoms with Crippen LogP contribution < -0.4 is 4.74 Å². The van der Waals surface area contributed by atoms with Crippen molar-refractivity contribution < 1.29 is 9.84 Å². The Balaban J connectivity index is 1.95. The largest absolute Gasteiger partial charge is 0.504 e. The molecule has 0 amide bonds. The van der Waals surface area contributed by atoms with Crippen LogP contribution in [-0.2, 0) is 0 Å². The Bertz CT molecular complexity index is 664. The van der Waals surface area contributed by atoms with Gasteiger partial charge < -0.3 is 9.84 Å². The molecule has 0 fully saturated rings. The minimum Gasteiger partial charge on any atom is -0.504 e. The fraction of sp³-hybridized carbons (Fsp3) is 0. The summed E-state index contributed by atoms with van der Waals surface area (Å²) >= 11 is 0. The maximum Gasteiger partial charge on any atom is 0.171 e. The number of para-hydroxylation sites is 1. The third-order valence-electron chi connectivity index (χ3n) is 2.68. The second-order valence-corrected chi connectivity index (χ2v) is 4.02. The fourth-order valence-corrected chi connectivity index (χ4v) is 1.76. The Kier molecular flexibility index (Phi) is 2.90. The third kappa shape index (κ3) is 2.42. The number of aromatic nitrogens is 2. The van der Waals surface area contributed by atoms with Gasteiger partial charge in [0, 0.05) is 18.5 Å². The van der Waals surface area contributed by atoms with E-state index in [1.54, 1.807) is 29.1 Å². The first-order valence-electron chi connectivity index (χ1n) is 5.89. The highest BCUT2D eigenvalue weighted by Crippen LogP contribution is 2.32. The van der Waals surface area contributed by atoms with Gasteiger partial charge in [-0.3, -0.25) is 0 Å². The number of nitrogens with zero attached hydrogens (tertiary/aromatic N) is 2. The average Bonchev–Trinajstić information content (AvgIpc) is 2.96. The lowest BCUT2D eigenvalue weighted by Gasteiger charge is -2.09. The lowest BCUT2D eigenvalue weighted by molar-refractivity contribution is 0.411. The molecule has 1 heterocycles. The van der Waals surface area contributed by atoms with Crippen molar-refractivity contribution in [3.63, 3.8) is 0 Å². The Hall–Kier alpha value is -2.75. The summed E-state index contributed by atoms with van der Waals surface area (Å²) in [4.78, 5) is 0. The zero-order valence-electron chi connectivity index (χ0n) is 10.1. The maximum absolute atomic E-state index is 9.84. The van der Waals surface area contributed by atoms with Gasteiger partial charge in [0.2, 0.25) is 0 Å². The van der Waals surface area contributed by atoms with Gasteiger partial charge in [0.05, 0.1) is 5.69 Å². The predicted molar refractivity (Wildman–Crippen MR) is 71.7 cm³/mol. The van der Waals surface area contributed by atoms with Gasteiger partial charge in [0.25, 0.3) is 0 Å². The van der Waals surface area contributed by atoms with Crippen LogP contribution in [-0.4, -0.2) is 14.9 Å². The number of phenols is 1. The number of hydrogen-bond acceptors (Lipinski definition) is 3. The van der Waals surface area contributed by atoms with Crippen molar-refractivity contribution in [3.05, 3.63) is 67.0 Å². The summed E-state index contributed by atoms with van der Waals surface area (Å²) < 4.78 is 7.36. The van der Waals surface area contributed by atoms with Crippen molar-refractivity contribution in [1.29, 1.82) is 0 Å². The molecule has 0 radical (unpaired) electrons. The molecule has 1 aromatic heterocycles. The smallest absolute Gasteiger partial charge is 0.171 e. The van der Waals surface area contributed by atoms with Crippen LogP contribution in [0.2, 0.25) is 0 Å². The van der Waals surface area contributed by atoms with E-state index in [4.69, 9.17) is 4.74 Å². The van der Waals surface area contributed by atoms with E-state index in [0.717, 1.165) is 5.69 Å². The Morgan fingerprint density at radius 3 is 2.58 bits per heavy atom. The van der Waals surface area contributed by atoms with Crippen LogP contribution in [0.5, 0.6) is 17.2 Å². The van der Waals surface area contributed by atoms with Gasteiger partial charge in [-0.2, -0.15) is 5.10 Å². The molecule has 0 spiro atoms. The summed E-state index contributed by atoms with van der Waals surface area (Å²) in [6.45, 7) is 0. The number of hydrogen-bond donors (Lipinski definition) is 1. The molecule has 94 valence electrons. The van der Waals surface area contributed by atoms with Crippen LogP contribution in [0, 0.1) is 0 Å². The second kappa shape index (κ2) is 4.86. The molecule has 0 saturated carbocycles. The molecule has 0 aliphatic rings. The molecule has 0 saturated heterocycles. The molecule has 1 N–H and O–H groups in total. The van der Waals surface area contributed by atoms with Gasteiger partial charge >= 0.3 is 0 Å². The van der Waals surface area contributed by atoms with Gasteiger partial charge in [-0.25, -0.2) is 4.68 Å². The molecule has 3 rings (SSSR count). The topological polar surface area (TPSA) is 47.3 Å². The van der Waals surface area contributed by atoms with Crippen LogP contribution in [0.15, 0.2) is 67.0 Å². The van der Waals surface area contributed by atoms with Crippen molar-refractivity contribution >= 4 is 0 Å². The van der Waals surface area contributed by atoms with Crippen LogP contribution in [0.4, 0.5) is 0 Å². The number of phenolic OH excluding ortho intramolecular Hbond substituents is 1. The first-order chi connectivity index (χ1) is 9.33. The second-order valence-electron chi connectivity index (χ2n) is 4.02. The van der Waals surface area contributed by atoms with Crippen LogP contribution >= 0.6 is 0 Å². The van der Waals surface area contributed by atoms with Gasteiger partial charge in [0.1, 0.15) is 5.75 Å². The Morgan fingerprint density at radius 2 is 1.84 bits per heavy atom. The van der Waals surface area contributed by atoms with Crippen molar-refractivity contribution in [3.8, 4) is 22.9 Å². The lowest BCUT2D eigenvalue weighted by atomic mass is 10.2. The first-order valence-corrected chi connectivity index (χ1v) is 5.89. The Morgan fingerprint density at radius 1 is 1.00 bits per heavy atom. The predicted octanol–water partition coefficient (Wildman–Crippen LogP) is 3.37. The molecule has 3 aromatic rings. The normalized spacial score (nSPS) is 10.3.